The van der Waals surface area contributed by atoms with Gasteiger partial charge in [0.1, 0.15) is 0 Å². The third-order valence-corrected chi connectivity index (χ3v) is 1.46. The zero-order chi connectivity index (χ0) is 6.69. The first-order chi connectivity index (χ1) is 4.34. The third-order valence-electron chi connectivity index (χ3n) is 0.810. The normalized spacial score (nSPS) is 8.33. The molecule has 0 unspecified atom stereocenters. The molecule has 0 aliphatic rings. The first-order valence-corrected chi connectivity index (χ1v) is 3.15. The van der Waals surface area contributed by atoms with Crippen LogP contribution in [0.4, 0.5) is 0 Å². The van der Waals surface area contributed by atoms with Crippen LogP contribution in [0.1, 0.15) is 0 Å². The number of nitriles is 1. The van der Waals surface area contributed by atoms with Crippen molar-refractivity contribution >= 4 is 15.6 Å². The summed E-state index contributed by atoms with van der Waals surface area (Å²) in [6, 6.07) is 3.54. The second-order valence-electron chi connectivity index (χ2n) is 1.37. The Kier molecular flexibility index (Phi) is 1.78. The summed E-state index contributed by atoms with van der Waals surface area (Å²) in [5.41, 5.74) is 0. The van der Waals surface area contributed by atoms with Crippen LogP contribution in [0.25, 0.3) is 0 Å². The molecular formula is C5H3N3Se. The Hall–Kier alpha value is -0.911. The van der Waals surface area contributed by atoms with Gasteiger partial charge in [-0.15, -0.1) is 0 Å². The van der Waals surface area contributed by atoms with E-state index < -0.39 is 0 Å². The second-order valence-corrected chi connectivity index (χ2v) is 2.25. The maximum absolute atomic E-state index is 8.35. The molecule has 0 amide bonds. The molecule has 9 heavy (non-hydrogen) atoms. The van der Waals surface area contributed by atoms with E-state index in [9.17, 15) is 0 Å². The molecule has 1 aromatic heterocycles. The van der Waals surface area contributed by atoms with Crippen molar-refractivity contribution in [2.45, 2.75) is 0 Å². The van der Waals surface area contributed by atoms with E-state index in [1.807, 2.05) is 6.19 Å². The van der Waals surface area contributed by atoms with Crippen molar-refractivity contribution in [3.63, 3.8) is 0 Å². The standard InChI is InChI=1S/C5H3N3Se/c6-4-8-5(9)2-1-3-7-8/h1-3H. The quantitative estimate of drug-likeness (QED) is 0.529. The number of nitrogens with zero attached hydrogens (tertiary/aromatic N) is 3. The zero-order valence-corrected chi connectivity index (χ0v) is 6.20. The van der Waals surface area contributed by atoms with Crippen molar-refractivity contribution in [1.29, 1.82) is 5.26 Å². The molecule has 0 saturated carbocycles. The van der Waals surface area contributed by atoms with Crippen molar-refractivity contribution in [2.75, 3.05) is 0 Å². The van der Waals surface area contributed by atoms with E-state index in [0.717, 1.165) is 4.19 Å². The minimum atomic E-state index is 0.722. The van der Waals surface area contributed by atoms with Gasteiger partial charge in [0.05, 0.1) is 0 Å². The molecule has 0 N–H and O–H groups in total. The van der Waals surface area contributed by atoms with Gasteiger partial charge < -0.3 is 0 Å². The fourth-order valence-corrected chi connectivity index (χ4v) is 0.783. The van der Waals surface area contributed by atoms with Gasteiger partial charge in [-0.3, -0.25) is 0 Å². The Labute approximate surface area is 59.9 Å². The Bertz CT molecular complexity index is 296. The number of aromatic nitrogens is 2. The molecule has 0 fully saturated rings. The van der Waals surface area contributed by atoms with E-state index in [4.69, 9.17) is 5.26 Å². The minimum absolute atomic E-state index is 0.722. The number of rotatable bonds is 0. The zero-order valence-electron chi connectivity index (χ0n) is 4.48. The molecule has 1 aromatic rings. The predicted octanol–water partition coefficient (Wildman–Crippen LogP) is -0.0872. The van der Waals surface area contributed by atoms with Crippen LogP contribution >= 0.6 is 0 Å². The predicted molar refractivity (Wildman–Crippen MR) is 32.2 cm³/mol. The fraction of sp³-hybridized carbons (Fsp3) is 0. The Balaban J connectivity index is 3.38. The van der Waals surface area contributed by atoms with Crippen LogP contribution in [-0.4, -0.2) is 25.4 Å². The monoisotopic (exact) mass is 185 g/mol. The summed E-state index contributed by atoms with van der Waals surface area (Å²) >= 11 is 2.70. The van der Waals surface area contributed by atoms with Crippen molar-refractivity contribution in [3.05, 3.63) is 22.5 Å². The van der Waals surface area contributed by atoms with Gasteiger partial charge in [-0.05, 0) is 0 Å². The van der Waals surface area contributed by atoms with Gasteiger partial charge in [-0.1, -0.05) is 0 Å². The Morgan fingerprint density at radius 3 is 3.00 bits per heavy atom. The van der Waals surface area contributed by atoms with Crippen molar-refractivity contribution in [1.82, 2.24) is 9.78 Å². The van der Waals surface area contributed by atoms with Crippen LogP contribution in [0.5, 0.6) is 0 Å². The first-order valence-electron chi connectivity index (χ1n) is 2.29. The average Bonchev–Trinajstić information content (AvgIpc) is 1.89. The van der Waals surface area contributed by atoms with Crippen LogP contribution < -0.4 is 0 Å². The SMILES string of the molecule is N#Cn1ncccc1=[Se]. The van der Waals surface area contributed by atoms with Gasteiger partial charge in [-0.2, -0.15) is 0 Å². The summed E-state index contributed by atoms with van der Waals surface area (Å²) in [6.45, 7) is 0. The maximum atomic E-state index is 8.35. The van der Waals surface area contributed by atoms with Gasteiger partial charge >= 0.3 is 59.3 Å². The molecule has 0 aromatic carbocycles. The summed E-state index contributed by atoms with van der Waals surface area (Å²) in [5, 5.41) is 12.1. The molecule has 0 aliphatic carbocycles. The molecule has 1 heterocycles. The van der Waals surface area contributed by atoms with Crippen LogP contribution in [0.3, 0.4) is 0 Å². The van der Waals surface area contributed by atoms with Gasteiger partial charge in [-0.25, -0.2) is 0 Å². The summed E-state index contributed by atoms with van der Waals surface area (Å²) in [5.74, 6) is 0. The number of hydrogen-bond donors (Lipinski definition) is 0. The molecule has 0 atom stereocenters. The van der Waals surface area contributed by atoms with Crippen LogP contribution in [0.15, 0.2) is 18.3 Å². The molecular weight excluding hydrogens is 181 g/mol. The fourth-order valence-electron chi connectivity index (χ4n) is 0.433. The summed E-state index contributed by atoms with van der Waals surface area (Å²) in [7, 11) is 0. The third kappa shape index (κ3) is 1.26. The molecule has 0 radical (unpaired) electrons. The molecule has 0 aliphatic heterocycles. The van der Waals surface area contributed by atoms with Crippen LogP contribution in [0.2, 0.25) is 0 Å². The van der Waals surface area contributed by atoms with E-state index in [-0.39, 0.29) is 0 Å². The topological polar surface area (TPSA) is 41.6 Å². The van der Waals surface area contributed by atoms with Crippen molar-refractivity contribution < 1.29 is 0 Å². The molecule has 1 rings (SSSR count). The number of hydrogen-bond acceptors (Lipinski definition) is 2. The van der Waals surface area contributed by atoms with E-state index >= 15 is 0 Å². The molecule has 0 saturated heterocycles. The van der Waals surface area contributed by atoms with Crippen LogP contribution in [0, 0.1) is 15.6 Å². The second kappa shape index (κ2) is 2.58. The van der Waals surface area contributed by atoms with Crippen LogP contribution in [-0.2, 0) is 0 Å². The van der Waals surface area contributed by atoms with Crippen molar-refractivity contribution in [2.24, 2.45) is 0 Å². The average molecular weight is 184 g/mol. The molecule has 44 valence electrons. The first kappa shape index (κ1) is 6.21. The Morgan fingerprint density at radius 1 is 1.78 bits per heavy atom. The molecule has 4 heteroatoms. The van der Waals surface area contributed by atoms with E-state index in [1.54, 1.807) is 18.3 Å². The summed E-state index contributed by atoms with van der Waals surface area (Å²) in [6.07, 6.45) is 3.43. The van der Waals surface area contributed by atoms with E-state index in [0.29, 0.717) is 0 Å². The Morgan fingerprint density at radius 2 is 2.56 bits per heavy atom. The molecule has 0 spiro atoms. The molecule has 0 bridgehead atoms. The van der Waals surface area contributed by atoms with Gasteiger partial charge in [0, 0.05) is 0 Å². The van der Waals surface area contributed by atoms with Gasteiger partial charge in [0.2, 0.25) is 0 Å². The van der Waals surface area contributed by atoms with Gasteiger partial charge in [0.25, 0.3) is 0 Å². The van der Waals surface area contributed by atoms with E-state index in [2.05, 4.69) is 20.7 Å². The summed E-state index contributed by atoms with van der Waals surface area (Å²) < 4.78 is 1.93. The molecule has 3 nitrogen and oxygen atoms in total. The van der Waals surface area contributed by atoms with E-state index in [1.165, 1.54) is 4.68 Å². The van der Waals surface area contributed by atoms with Crippen molar-refractivity contribution in [3.8, 4) is 6.19 Å². The summed E-state index contributed by atoms with van der Waals surface area (Å²) in [4.78, 5) is 0. The van der Waals surface area contributed by atoms with Gasteiger partial charge in [0.15, 0.2) is 0 Å².